The number of carbonyl (C=O) groups excluding carboxylic acids is 2. The fourth-order valence-electron chi connectivity index (χ4n) is 2.13. The quantitative estimate of drug-likeness (QED) is 0.596. The standard InChI is InChI=1S/C19H22N2O4/c1-3-24-18(22)17-11-9-16(10-12-17)14(2)20-21-19(23)25-13-15-7-5-4-6-8-15/h4-12,14,20H,3,13H2,1-2H3,(H,21,23)/t14-/m0/s1. The van der Waals surface area contributed by atoms with Gasteiger partial charge in [0.2, 0.25) is 0 Å². The molecule has 0 radical (unpaired) electrons. The molecule has 2 aromatic rings. The molecule has 0 heterocycles. The molecule has 2 N–H and O–H groups in total. The Kier molecular flexibility index (Phi) is 6.98. The van der Waals surface area contributed by atoms with E-state index in [0.29, 0.717) is 12.2 Å². The number of hydrogen-bond acceptors (Lipinski definition) is 5. The largest absolute Gasteiger partial charge is 0.462 e. The smallest absolute Gasteiger partial charge is 0.421 e. The fraction of sp³-hybridized carbons (Fsp3) is 0.263. The van der Waals surface area contributed by atoms with Crippen LogP contribution in [0.3, 0.4) is 0 Å². The number of nitrogens with one attached hydrogen (secondary N) is 2. The lowest BCUT2D eigenvalue weighted by Crippen LogP contribution is -2.39. The number of hydrazine groups is 1. The summed E-state index contributed by atoms with van der Waals surface area (Å²) in [6, 6.07) is 16.3. The van der Waals surface area contributed by atoms with Crippen molar-refractivity contribution in [3.8, 4) is 0 Å². The molecular weight excluding hydrogens is 320 g/mol. The minimum atomic E-state index is -0.557. The molecule has 0 saturated carbocycles. The minimum Gasteiger partial charge on any atom is -0.462 e. The summed E-state index contributed by atoms with van der Waals surface area (Å²) in [5, 5.41) is 0. The highest BCUT2D eigenvalue weighted by atomic mass is 16.6. The van der Waals surface area contributed by atoms with E-state index in [0.717, 1.165) is 11.1 Å². The Morgan fingerprint density at radius 3 is 2.32 bits per heavy atom. The van der Waals surface area contributed by atoms with Crippen molar-refractivity contribution < 1.29 is 19.1 Å². The molecule has 0 bridgehead atoms. The molecule has 0 aliphatic carbocycles. The summed E-state index contributed by atoms with van der Waals surface area (Å²) in [6.07, 6.45) is -0.557. The molecule has 6 heteroatoms. The van der Waals surface area contributed by atoms with Gasteiger partial charge in [0.15, 0.2) is 0 Å². The first-order valence-electron chi connectivity index (χ1n) is 8.09. The lowest BCUT2D eigenvalue weighted by atomic mass is 10.1. The van der Waals surface area contributed by atoms with Crippen molar-refractivity contribution in [2.24, 2.45) is 0 Å². The number of ether oxygens (including phenoxy) is 2. The molecule has 0 aliphatic rings. The fourth-order valence-corrected chi connectivity index (χ4v) is 2.13. The van der Waals surface area contributed by atoms with Gasteiger partial charge in [0.1, 0.15) is 6.61 Å². The summed E-state index contributed by atoms with van der Waals surface area (Å²) in [7, 11) is 0. The molecule has 132 valence electrons. The van der Waals surface area contributed by atoms with Crippen molar-refractivity contribution in [3.05, 3.63) is 71.3 Å². The Morgan fingerprint density at radius 2 is 1.68 bits per heavy atom. The second-order valence-corrected chi connectivity index (χ2v) is 5.40. The Balaban J connectivity index is 1.78. The second kappa shape index (κ2) is 9.44. The average molecular weight is 342 g/mol. The van der Waals surface area contributed by atoms with Gasteiger partial charge in [-0.05, 0) is 37.1 Å². The van der Waals surface area contributed by atoms with Crippen LogP contribution in [-0.4, -0.2) is 18.7 Å². The maximum absolute atomic E-state index is 11.7. The maximum Gasteiger partial charge on any atom is 0.421 e. The van der Waals surface area contributed by atoms with E-state index in [-0.39, 0.29) is 18.6 Å². The summed E-state index contributed by atoms with van der Waals surface area (Å²) < 4.78 is 10.1. The number of rotatable bonds is 7. The van der Waals surface area contributed by atoms with Gasteiger partial charge in [-0.3, -0.25) is 5.43 Å². The molecule has 0 spiro atoms. The number of benzene rings is 2. The van der Waals surface area contributed by atoms with Gasteiger partial charge in [-0.1, -0.05) is 42.5 Å². The SMILES string of the molecule is CCOC(=O)c1ccc([C@H](C)NNC(=O)OCc2ccccc2)cc1. The average Bonchev–Trinajstić information content (AvgIpc) is 2.65. The lowest BCUT2D eigenvalue weighted by Gasteiger charge is -2.15. The van der Waals surface area contributed by atoms with Gasteiger partial charge in [-0.15, -0.1) is 0 Å². The highest BCUT2D eigenvalue weighted by molar-refractivity contribution is 5.89. The Bertz CT molecular complexity index is 686. The molecule has 0 aliphatic heterocycles. The van der Waals surface area contributed by atoms with Crippen molar-refractivity contribution in [3.63, 3.8) is 0 Å². The van der Waals surface area contributed by atoms with Crippen LogP contribution in [0.5, 0.6) is 0 Å². The molecule has 0 unspecified atom stereocenters. The van der Waals surface area contributed by atoms with Crippen LogP contribution in [0.25, 0.3) is 0 Å². The monoisotopic (exact) mass is 342 g/mol. The van der Waals surface area contributed by atoms with E-state index in [1.807, 2.05) is 37.3 Å². The van der Waals surface area contributed by atoms with E-state index in [1.54, 1.807) is 31.2 Å². The van der Waals surface area contributed by atoms with Crippen LogP contribution < -0.4 is 10.9 Å². The molecule has 6 nitrogen and oxygen atoms in total. The van der Waals surface area contributed by atoms with Gasteiger partial charge in [0.25, 0.3) is 0 Å². The van der Waals surface area contributed by atoms with Crippen LogP contribution in [0.1, 0.15) is 41.4 Å². The Labute approximate surface area is 147 Å². The minimum absolute atomic E-state index is 0.152. The first kappa shape index (κ1) is 18.5. The van der Waals surface area contributed by atoms with E-state index < -0.39 is 6.09 Å². The van der Waals surface area contributed by atoms with E-state index in [2.05, 4.69) is 10.9 Å². The predicted octanol–water partition coefficient (Wildman–Crippen LogP) is 3.36. The highest BCUT2D eigenvalue weighted by Crippen LogP contribution is 2.13. The lowest BCUT2D eigenvalue weighted by molar-refractivity contribution is 0.0526. The van der Waals surface area contributed by atoms with Crippen LogP contribution in [-0.2, 0) is 16.1 Å². The van der Waals surface area contributed by atoms with Gasteiger partial charge in [-0.2, -0.15) is 0 Å². The molecular formula is C19H22N2O4. The highest BCUT2D eigenvalue weighted by Gasteiger charge is 2.10. The number of hydrogen-bond donors (Lipinski definition) is 2. The maximum atomic E-state index is 11.7. The molecule has 0 aromatic heterocycles. The van der Waals surface area contributed by atoms with Crippen molar-refractivity contribution in [2.75, 3.05) is 6.61 Å². The molecule has 0 saturated heterocycles. The van der Waals surface area contributed by atoms with Crippen LogP contribution in [0.2, 0.25) is 0 Å². The van der Waals surface area contributed by atoms with Gasteiger partial charge >= 0.3 is 12.1 Å². The second-order valence-electron chi connectivity index (χ2n) is 5.40. The van der Waals surface area contributed by atoms with E-state index in [4.69, 9.17) is 9.47 Å². The van der Waals surface area contributed by atoms with Crippen LogP contribution in [0, 0.1) is 0 Å². The zero-order valence-electron chi connectivity index (χ0n) is 14.3. The van der Waals surface area contributed by atoms with Crippen LogP contribution in [0.15, 0.2) is 54.6 Å². The molecule has 2 rings (SSSR count). The first-order chi connectivity index (χ1) is 12.1. The van der Waals surface area contributed by atoms with E-state index in [9.17, 15) is 9.59 Å². The summed E-state index contributed by atoms with van der Waals surface area (Å²) in [5.41, 5.74) is 7.70. The third-order valence-corrected chi connectivity index (χ3v) is 3.53. The van der Waals surface area contributed by atoms with Crippen LogP contribution in [0.4, 0.5) is 4.79 Å². The van der Waals surface area contributed by atoms with Crippen molar-refractivity contribution in [1.29, 1.82) is 0 Å². The molecule has 25 heavy (non-hydrogen) atoms. The zero-order chi connectivity index (χ0) is 18.1. The molecule has 0 fully saturated rings. The van der Waals surface area contributed by atoms with Crippen molar-refractivity contribution >= 4 is 12.1 Å². The summed E-state index contributed by atoms with van der Waals surface area (Å²) in [5.74, 6) is -0.350. The first-order valence-corrected chi connectivity index (χ1v) is 8.09. The molecule has 1 amide bonds. The zero-order valence-corrected chi connectivity index (χ0v) is 14.3. The van der Waals surface area contributed by atoms with E-state index in [1.165, 1.54) is 0 Å². The molecule has 2 aromatic carbocycles. The summed E-state index contributed by atoms with van der Waals surface area (Å²) in [4.78, 5) is 23.3. The van der Waals surface area contributed by atoms with E-state index >= 15 is 0 Å². The van der Waals surface area contributed by atoms with Gasteiger partial charge in [0, 0.05) is 6.04 Å². The van der Waals surface area contributed by atoms with Crippen molar-refractivity contribution in [2.45, 2.75) is 26.5 Å². The number of carbonyl (C=O) groups is 2. The van der Waals surface area contributed by atoms with Crippen LogP contribution >= 0.6 is 0 Å². The topological polar surface area (TPSA) is 76.7 Å². The van der Waals surface area contributed by atoms with Gasteiger partial charge in [-0.25, -0.2) is 15.0 Å². The summed E-state index contributed by atoms with van der Waals surface area (Å²) >= 11 is 0. The third kappa shape index (κ3) is 5.93. The normalized spacial score (nSPS) is 11.4. The van der Waals surface area contributed by atoms with Gasteiger partial charge < -0.3 is 9.47 Å². The number of amides is 1. The Morgan fingerprint density at radius 1 is 1.00 bits per heavy atom. The third-order valence-electron chi connectivity index (χ3n) is 3.53. The predicted molar refractivity (Wildman–Crippen MR) is 93.7 cm³/mol. The molecule has 1 atom stereocenters. The Hall–Kier alpha value is -2.86. The van der Waals surface area contributed by atoms with Crippen molar-refractivity contribution in [1.82, 2.24) is 10.9 Å². The van der Waals surface area contributed by atoms with Gasteiger partial charge in [0.05, 0.1) is 12.2 Å². The summed E-state index contributed by atoms with van der Waals surface area (Å²) in [6.45, 7) is 4.20. The number of esters is 1.